The Hall–Kier alpha value is -0.940. The molecule has 2 unspecified atom stereocenters. The predicted molar refractivity (Wildman–Crippen MR) is 69.9 cm³/mol. The molecule has 2 rings (SSSR count). The molecule has 5 heteroatoms. The molecule has 0 spiro atoms. The van der Waals surface area contributed by atoms with Gasteiger partial charge in [0.25, 0.3) is 0 Å². The number of aromatic nitrogens is 2. The van der Waals surface area contributed by atoms with E-state index in [1.165, 1.54) is 12.8 Å². The number of aryl methyl sites for hydroxylation is 1. The molecule has 2 atom stereocenters. The van der Waals surface area contributed by atoms with Gasteiger partial charge in [0.1, 0.15) is 0 Å². The lowest BCUT2D eigenvalue weighted by Gasteiger charge is -2.37. The van der Waals surface area contributed by atoms with Crippen LogP contribution in [0.5, 0.6) is 0 Å². The van der Waals surface area contributed by atoms with Crippen LogP contribution in [0.15, 0.2) is 4.52 Å². The first-order valence-corrected chi connectivity index (χ1v) is 6.98. The highest BCUT2D eigenvalue weighted by Crippen LogP contribution is 2.23. The second-order valence-electron chi connectivity index (χ2n) is 5.34. The van der Waals surface area contributed by atoms with Gasteiger partial charge in [-0.25, -0.2) is 0 Å². The van der Waals surface area contributed by atoms with Crippen LogP contribution in [0, 0.1) is 5.92 Å². The van der Waals surface area contributed by atoms with Crippen LogP contribution in [-0.2, 0) is 13.0 Å². The van der Waals surface area contributed by atoms with Crippen molar-refractivity contribution in [2.75, 3.05) is 13.1 Å². The minimum atomic E-state index is 0.460. The summed E-state index contributed by atoms with van der Waals surface area (Å²) in [6.45, 7) is 6.97. The molecule has 1 aromatic rings. The van der Waals surface area contributed by atoms with Crippen molar-refractivity contribution < 1.29 is 4.52 Å². The van der Waals surface area contributed by atoms with Gasteiger partial charge in [0.15, 0.2) is 5.82 Å². The molecule has 1 fully saturated rings. The quantitative estimate of drug-likeness (QED) is 0.861. The van der Waals surface area contributed by atoms with Crippen molar-refractivity contribution in [1.29, 1.82) is 0 Å². The molecule has 1 saturated heterocycles. The molecule has 5 nitrogen and oxygen atoms in total. The summed E-state index contributed by atoms with van der Waals surface area (Å²) in [5.74, 6) is 2.32. The van der Waals surface area contributed by atoms with Crippen LogP contribution in [-0.4, -0.2) is 34.2 Å². The molecule has 0 aliphatic carbocycles. The number of likely N-dealkylation sites (tertiary alicyclic amines) is 1. The lowest BCUT2D eigenvalue weighted by Crippen LogP contribution is -2.45. The normalized spacial score (nSPS) is 25.5. The van der Waals surface area contributed by atoms with E-state index >= 15 is 0 Å². The second kappa shape index (κ2) is 6.29. The van der Waals surface area contributed by atoms with Crippen LogP contribution in [0.2, 0.25) is 0 Å². The van der Waals surface area contributed by atoms with Gasteiger partial charge in [0.05, 0.1) is 6.54 Å². The molecular weight excluding hydrogens is 228 g/mol. The molecule has 2 N–H and O–H groups in total. The molecule has 1 aliphatic heterocycles. The summed E-state index contributed by atoms with van der Waals surface area (Å²) >= 11 is 0. The van der Waals surface area contributed by atoms with Crippen LogP contribution in [0.3, 0.4) is 0 Å². The molecule has 1 aromatic heterocycles. The van der Waals surface area contributed by atoms with Gasteiger partial charge in [-0.1, -0.05) is 19.0 Å². The smallest absolute Gasteiger partial charge is 0.226 e. The van der Waals surface area contributed by atoms with Crippen LogP contribution in [0.1, 0.15) is 44.8 Å². The summed E-state index contributed by atoms with van der Waals surface area (Å²) in [5.41, 5.74) is 5.86. The molecule has 0 radical (unpaired) electrons. The van der Waals surface area contributed by atoms with Crippen molar-refractivity contribution in [1.82, 2.24) is 15.0 Å². The second-order valence-corrected chi connectivity index (χ2v) is 5.34. The summed E-state index contributed by atoms with van der Waals surface area (Å²) in [7, 11) is 0. The zero-order valence-corrected chi connectivity index (χ0v) is 11.4. The van der Waals surface area contributed by atoms with Crippen LogP contribution in [0.4, 0.5) is 0 Å². The number of piperidine rings is 1. The summed E-state index contributed by atoms with van der Waals surface area (Å²) < 4.78 is 5.22. The number of nitrogens with zero attached hydrogens (tertiary/aromatic N) is 3. The van der Waals surface area contributed by atoms with Crippen molar-refractivity contribution in [2.24, 2.45) is 11.7 Å². The maximum Gasteiger partial charge on any atom is 0.226 e. The Morgan fingerprint density at radius 2 is 2.33 bits per heavy atom. The Balaban J connectivity index is 1.94. The topological polar surface area (TPSA) is 68.2 Å². The third kappa shape index (κ3) is 3.29. The Morgan fingerprint density at radius 3 is 3.06 bits per heavy atom. The third-order valence-corrected chi connectivity index (χ3v) is 3.69. The predicted octanol–water partition coefficient (Wildman–Crippen LogP) is 1.58. The highest BCUT2D eigenvalue weighted by Gasteiger charge is 2.26. The van der Waals surface area contributed by atoms with Gasteiger partial charge in [-0.05, 0) is 31.7 Å². The number of nitrogens with two attached hydrogens (primary N) is 1. The first-order chi connectivity index (χ1) is 8.72. The molecule has 1 aliphatic rings. The zero-order valence-electron chi connectivity index (χ0n) is 11.4. The number of rotatable bonds is 5. The van der Waals surface area contributed by atoms with Crippen molar-refractivity contribution >= 4 is 0 Å². The fraction of sp³-hybridized carbons (Fsp3) is 0.846. The van der Waals surface area contributed by atoms with Crippen LogP contribution < -0.4 is 5.73 Å². The van der Waals surface area contributed by atoms with Gasteiger partial charge in [0.2, 0.25) is 5.89 Å². The average molecular weight is 252 g/mol. The van der Waals surface area contributed by atoms with E-state index in [1.807, 2.05) is 0 Å². The minimum absolute atomic E-state index is 0.460. The van der Waals surface area contributed by atoms with E-state index in [0.717, 1.165) is 43.6 Å². The molecule has 0 bridgehead atoms. The average Bonchev–Trinajstić information content (AvgIpc) is 2.79. The van der Waals surface area contributed by atoms with Crippen molar-refractivity contribution in [3.05, 3.63) is 11.7 Å². The van der Waals surface area contributed by atoms with Crippen molar-refractivity contribution in [3.63, 3.8) is 0 Å². The van der Waals surface area contributed by atoms with Crippen LogP contribution in [0.25, 0.3) is 0 Å². The highest BCUT2D eigenvalue weighted by atomic mass is 16.5. The van der Waals surface area contributed by atoms with E-state index < -0.39 is 0 Å². The Labute approximate surface area is 109 Å². The van der Waals surface area contributed by atoms with E-state index in [9.17, 15) is 0 Å². The largest absolute Gasteiger partial charge is 0.339 e. The summed E-state index contributed by atoms with van der Waals surface area (Å²) in [6, 6.07) is 0.460. The van der Waals surface area contributed by atoms with Crippen molar-refractivity contribution in [2.45, 2.75) is 52.1 Å². The lowest BCUT2D eigenvalue weighted by atomic mass is 9.92. The van der Waals surface area contributed by atoms with E-state index in [1.54, 1.807) is 0 Å². The number of hydrogen-bond donors (Lipinski definition) is 1. The highest BCUT2D eigenvalue weighted by molar-refractivity contribution is 4.90. The van der Waals surface area contributed by atoms with E-state index in [4.69, 9.17) is 10.3 Å². The maximum absolute atomic E-state index is 5.86. The number of hydrogen-bond acceptors (Lipinski definition) is 5. The minimum Gasteiger partial charge on any atom is -0.339 e. The fourth-order valence-corrected chi connectivity index (χ4v) is 2.61. The molecule has 18 heavy (non-hydrogen) atoms. The van der Waals surface area contributed by atoms with Gasteiger partial charge in [-0.2, -0.15) is 4.98 Å². The SMILES string of the molecule is CCCc1nc(CN2CCC(C)CC2CN)no1. The summed E-state index contributed by atoms with van der Waals surface area (Å²) in [5, 5.41) is 4.05. The molecule has 0 saturated carbocycles. The monoisotopic (exact) mass is 252 g/mol. The Morgan fingerprint density at radius 1 is 1.50 bits per heavy atom. The Bertz CT molecular complexity index is 366. The fourth-order valence-electron chi connectivity index (χ4n) is 2.61. The van der Waals surface area contributed by atoms with E-state index in [-0.39, 0.29) is 0 Å². The summed E-state index contributed by atoms with van der Waals surface area (Å²) in [4.78, 5) is 6.81. The zero-order chi connectivity index (χ0) is 13.0. The molecule has 0 aromatic carbocycles. The Kier molecular flexibility index (Phi) is 4.72. The van der Waals surface area contributed by atoms with Gasteiger partial charge < -0.3 is 10.3 Å². The molecule has 2 heterocycles. The molecular formula is C13H24N4O. The van der Waals surface area contributed by atoms with Gasteiger partial charge in [-0.3, -0.25) is 4.90 Å². The van der Waals surface area contributed by atoms with Gasteiger partial charge in [-0.15, -0.1) is 0 Å². The first kappa shape index (κ1) is 13.5. The van der Waals surface area contributed by atoms with Gasteiger partial charge >= 0.3 is 0 Å². The molecule has 102 valence electrons. The van der Waals surface area contributed by atoms with Crippen molar-refractivity contribution in [3.8, 4) is 0 Å². The maximum atomic E-state index is 5.86. The van der Waals surface area contributed by atoms with Gasteiger partial charge in [0, 0.05) is 19.0 Å². The third-order valence-electron chi connectivity index (χ3n) is 3.69. The standard InChI is InChI=1S/C13H24N4O/c1-3-4-13-15-12(16-18-13)9-17-6-5-10(2)7-11(17)8-14/h10-11H,3-9,14H2,1-2H3. The van der Waals surface area contributed by atoms with E-state index in [2.05, 4.69) is 28.9 Å². The molecule has 0 amide bonds. The summed E-state index contributed by atoms with van der Waals surface area (Å²) in [6.07, 6.45) is 4.31. The first-order valence-electron chi connectivity index (χ1n) is 6.98. The van der Waals surface area contributed by atoms with Crippen LogP contribution >= 0.6 is 0 Å². The lowest BCUT2D eigenvalue weighted by molar-refractivity contribution is 0.111. The van der Waals surface area contributed by atoms with E-state index in [0.29, 0.717) is 12.6 Å².